The van der Waals surface area contributed by atoms with Crippen molar-refractivity contribution in [3.8, 4) is 0 Å². The number of thioether (sulfide) groups is 1. The molecule has 1 aliphatic heterocycles. The summed E-state index contributed by atoms with van der Waals surface area (Å²) in [4.78, 5) is 0. The Bertz CT molecular complexity index is 356. The van der Waals surface area contributed by atoms with Gasteiger partial charge in [0, 0.05) is 17.5 Å². The molecule has 0 radical (unpaired) electrons. The second-order valence-electron chi connectivity index (χ2n) is 4.54. The first-order chi connectivity index (χ1) is 7.42. The number of aryl methyl sites for hydroxylation is 2. The first-order valence-electron chi connectivity index (χ1n) is 5.88. The molecule has 0 bridgehead atoms. The molecule has 2 aliphatic rings. The van der Waals surface area contributed by atoms with Crippen LogP contribution in [0.3, 0.4) is 0 Å². The summed E-state index contributed by atoms with van der Waals surface area (Å²) in [6, 6.07) is 7.64. The highest BCUT2D eigenvalue weighted by molar-refractivity contribution is 7.99. The largest absolute Gasteiger partial charge is 0.381 e. The lowest BCUT2D eigenvalue weighted by Crippen LogP contribution is -2.18. The Balaban J connectivity index is 1.75. The second-order valence-corrected chi connectivity index (χ2v) is 5.69. The van der Waals surface area contributed by atoms with Gasteiger partial charge < -0.3 is 5.32 Å². The summed E-state index contributed by atoms with van der Waals surface area (Å²) in [6.07, 6.45) is 5.24. The molecule has 1 atom stereocenters. The number of fused-ring (bicyclic) bond motifs is 1. The van der Waals surface area contributed by atoms with Crippen molar-refractivity contribution in [1.82, 2.24) is 0 Å². The predicted octanol–water partition coefficient (Wildman–Crippen LogP) is 3.09. The molecule has 1 aliphatic carbocycles. The van der Waals surface area contributed by atoms with E-state index >= 15 is 0 Å². The minimum absolute atomic E-state index is 0.703. The van der Waals surface area contributed by atoms with Gasteiger partial charge in [0.1, 0.15) is 0 Å². The number of hydrogen-bond donors (Lipinski definition) is 1. The maximum Gasteiger partial charge on any atom is 0.0359 e. The second kappa shape index (κ2) is 4.09. The zero-order chi connectivity index (χ0) is 10.1. The zero-order valence-electron chi connectivity index (χ0n) is 8.96. The summed E-state index contributed by atoms with van der Waals surface area (Å²) in [5.74, 6) is 2.60. The van der Waals surface area contributed by atoms with Gasteiger partial charge in [0.15, 0.2) is 0 Å². The first kappa shape index (κ1) is 9.59. The Morgan fingerprint density at radius 2 is 2.13 bits per heavy atom. The van der Waals surface area contributed by atoms with Gasteiger partial charge in [-0.1, -0.05) is 6.07 Å². The third kappa shape index (κ3) is 2.00. The van der Waals surface area contributed by atoms with E-state index in [1.807, 2.05) is 0 Å². The van der Waals surface area contributed by atoms with E-state index in [2.05, 4.69) is 35.3 Å². The third-order valence-corrected chi connectivity index (χ3v) is 4.56. The minimum atomic E-state index is 0.703. The van der Waals surface area contributed by atoms with Crippen LogP contribution in [0.15, 0.2) is 18.2 Å². The van der Waals surface area contributed by atoms with Crippen LogP contribution in [0.4, 0.5) is 5.69 Å². The van der Waals surface area contributed by atoms with Gasteiger partial charge in [-0.15, -0.1) is 0 Å². The molecular weight excluding hydrogens is 202 g/mol. The van der Waals surface area contributed by atoms with E-state index in [1.165, 1.54) is 42.9 Å². The van der Waals surface area contributed by atoms with Crippen molar-refractivity contribution in [3.63, 3.8) is 0 Å². The zero-order valence-corrected chi connectivity index (χ0v) is 9.78. The highest BCUT2D eigenvalue weighted by Gasteiger charge is 2.16. The fourth-order valence-electron chi connectivity index (χ4n) is 2.55. The SMILES string of the molecule is c1cc2c(cc1N[C@@H]1CCSC1)CCC2. The molecular formula is C13H17NS. The highest BCUT2D eigenvalue weighted by atomic mass is 32.2. The Kier molecular flexibility index (Phi) is 2.61. The van der Waals surface area contributed by atoms with Crippen LogP contribution in [-0.2, 0) is 12.8 Å². The lowest BCUT2D eigenvalue weighted by molar-refractivity contribution is 0.813. The molecule has 1 aromatic rings. The number of rotatable bonds is 2. The van der Waals surface area contributed by atoms with Crippen molar-refractivity contribution in [2.24, 2.45) is 0 Å². The molecule has 80 valence electrons. The summed E-state index contributed by atoms with van der Waals surface area (Å²) >= 11 is 2.06. The molecule has 1 saturated heterocycles. The van der Waals surface area contributed by atoms with E-state index in [-0.39, 0.29) is 0 Å². The molecule has 1 nitrogen and oxygen atoms in total. The Labute approximate surface area is 95.6 Å². The van der Waals surface area contributed by atoms with Crippen LogP contribution in [0.25, 0.3) is 0 Å². The third-order valence-electron chi connectivity index (χ3n) is 3.40. The molecule has 1 N–H and O–H groups in total. The molecule has 1 aromatic carbocycles. The molecule has 1 heterocycles. The van der Waals surface area contributed by atoms with Crippen LogP contribution < -0.4 is 5.32 Å². The van der Waals surface area contributed by atoms with E-state index in [0.29, 0.717) is 6.04 Å². The van der Waals surface area contributed by atoms with Crippen LogP contribution in [-0.4, -0.2) is 17.5 Å². The molecule has 3 rings (SSSR count). The Morgan fingerprint density at radius 3 is 3.00 bits per heavy atom. The maximum absolute atomic E-state index is 3.65. The summed E-state index contributed by atoms with van der Waals surface area (Å²) in [6.45, 7) is 0. The molecule has 1 fully saturated rings. The van der Waals surface area contributed by atoms with E-state index < -0.39 is 0 Å². The quantitative estimate of drug-likeness (QED) is 0.820. The fraction of sp³-hybridized carbons (Fsp3) is 0.538. The van der Waals surface area contributed by atoms with Gasteiger partial charge in [-0.3, -0.25) is 0 Å². The summed E-state index contributed by atoms with van der Waals surface area (Å²) in [5, 5.41) is 3.65. The van der Waals surface area contributed by atoms with Crippen molar-refractivity contribution in [2.75, 3.05) is 16.8 Å². The number of nitrogens with one attached hydrogen (secondary N) is 1. The number of hydrogen-bond acceptors (Lipinski definition) is 2. The van der Waals surface area contributed by atoms with Crippen molar-refractivity contribution < 1.29 is 0 Å². The Morgan fingerprint density at radius 1 is 1.20 bits per heavy atom. The molecule has 0 saturated carbocycles. The molecule has 0 spiro atoms. The summed E-state index contributed by atoms with van der Waals surface area (Å²) in [5.41, 5.74) is 4.48. The number of anilines is 1. The normalized spacial score (nSPS) is 24.1. The van der Waals surface area contributed by atoms with E-state index in [4.69, 9.17) is 0 Å². The van der Waals surface area contributed by atoms with Gasteiger partial charge >= 0.3 is 0 Å². The van der Waals surface area contributed by atoms with Gasteiger partial charge in [0.2, 0.25) is 0 Å². The summed E-state index contributed by atoms with van der Waals surface area (Å²) < 4.78 is 0. The first-order valence-corrected chi connectivity index (χ1v) is 7.03. The predicted molar refractivity (Wildman–Crippen MR) is 67.8 cm³/mol. The van der Waals surface area contributed by atoms with Crippen LogP contribution in [0.5, 0.6) is 0 Å². The standard InChI is InChI=1S/C13H17NS/c1-2-10-4-5-12(8-11(10)3-1)14-13-6-7-15-9-13/h4-5,8,13-14H,1-3,6-7,9H2/t13-/m1/s1. The highest BCUT2D eigenvalue weighted by Crippen LogP contribution is 2.27. The average molecular weight is 219 g/mol. The molecule has 0 aromatic heterocycles. The monoisotopic (exact) mass is 219 g/mol. The maximum atomic E-state index is 3.65. The van der Waals surface area contributed by atoms with Gasteiger partial charge in [-0.2, -0.15) is 11.8 Å². The van der Waals surface area contributed by atoms with Crippen molar-refractivity contribution >= 4 is 17.4 Å². The van der Waals surface area contributed by atoms with Crippen molar-refractivity contribution in [2.45, 2.75) is 31.7 Å². The van der Waals surface area contributed by atoms with Crippen LogP contribution in [0, 0.1) is 0 Å². The van der Waals surface area contributed by atoms with Crippen molar-refractivity contribution in [3.05, 3.63) is 29.3 Å². The minimum Gasteiger partial charge on any atom is -0.381 e. The van der Waals surface area contributed by atoms with Crippen LogP contribution >= 0.6 is 11.8 Å². The average Bonchev–Trinajstić information content (AvgIpc) is 2.87. The molecule has 0 amide bonds. The lowest BCUT2D eigenvalue weighted by atomic mass is 10.1. The fourth-order valence-corrected chi connectivity index (χ4v) is 3.70. The van der Waals surface area contributed by atoms with E-state index in [0.717, 1.165) is 0 Å². The van der Waals surface area contributed by atoms with E-state index in [9.17, 15) is 0 Å². The van der Waals surface area contributed by atoms with Crippen LogP contribution in [0.2, 0.25) is 0 Å². The topological polar surface area (TPSA) is 12.0 Å². The summed E-state index contributed by atoms with van der Waals surface area (Å²) in [7, 11) is 0. The number of benzene rings is 1. The molecule has 0 unspecified atom stereocenters. The van der Waals surface area contributed by atoms with Crippen LogP contribution in [0.1, 0.15) is 24.0 Å². The Hall–Kier alpha value is -0.630. The van der Waals surface area contributed by atoms with Gasteiger partial charge in [-0.05, 0) is 54.7 Å². The molecule has 15 heavy (non-hydrogen) atoms. The van der Waals surface area contributed by atoms with Gasteiger partial charge in [0.25, 0.3) is 0 Å². The van der Waals surface area contributed by atoms with Gasteiger partial charge in [0.05, 0.1) is 0 Å². The smallest absolute Gasteiger partial charge is 0.0359 e. The molecule has 2 heteroatoms. The van der Waals surface area contributed by atoms with Gasteiger partial charge in [-0.25, -0.2) is 0 Å². The lowest BCUT2D eigenvalue weighted by Gasteiger charge is -2.13. The van der Waals surface area contributed by atoms with E-state index in [1.54, 1.807) is 11.1 Å². The van der Waals surface area contributed by atoms with Crippen molar-refractivity contribution in [1.29, 1.82) is 0 Å².